The summed E-state index contributed by atoms with van der Waals surface area (Å²) in [4.78, 5) is 0. The van der Waals surface area contributed by atoms with Gasteiger partial charge in [0.15, 0.2) is 0 Å². The molecule has 1 rings (SSSR count). The summed E-state index contributed by atoms with van der Waals surface area (Å²) in [5, 5.41) is 3.83. The topological polar surface area (TPSA) is 12.0 Å². The monoisotopic (exact) mass is 121 g/mol. The molecule has 0 aromatic carbocycles. The van der Waals surface area contributed by atoms with E-state index in [1.54, 1.807) is 10.8 Å². The van der Waals surface area contributed by atoms with E-state index in [0.29, 0.717) is 5.37 Å². The molecule has 1 atom stereocenters. The molecular weight excluding hydrogens is 114 g/mol. The Hall–Kier alpha value is 0.660. The molecule has 1 saturated heterocycles. The summed E-state index contributed by atoms with van der Waals surface area (Å²) in [7, 11) is 1.59. The van der Waals surface area contributed by atoms with Crippen LogP contribution in [0.15, 0.2) is 0 Å². The van der Waals surface area contributed by atoms with Crippen LogP contribution in [0.3, 0.4) is 0 Å². The third kappa shape index (κ3) is 0.832. The van der Waals surface area contributed by atoms with Crippen LogP contribution in [0.1, 0.15) is 6.42 Å². The van der Waals surface area contributed by atoms with Gasteiger partial charge in [-0.1, -0.05) is 10.8 Å². The number of rotatable bonds is 1. The summed E-state index contributed by atoms with van der Waals surface area (Å²) in [5.74, 6) is 0. The van der Waals surface area contributed by atoms with Gasteiger partial charge < -0.3 is 5.32 Å². The average Bonchev–Trinajstić information content (AvgIpc) is 1.31. The largest absolute Gasteiger partial charge is 0.305 e. The van der Waals surface area contributed by atoms with E-state index in [2.05, 4.69) is 17.0 Å². The highest BCUT2D eigenvalue weighted by Crippen LogP contribution is 2.19. The van der Waals surface area contributed by atoms with Crippen molar-refractivity contribution in [2.75, 3.05) is 6.54 Å². The van der Waals surface area contributed by atoms with Crippen LogP contribution >= 0.6 is 22.5 Å². The van der Waals surface area contributed by atoms with Crippen molar-refractivity contribution in [2.24, 2.45) is 0 Å². The third-order valence-corrected chi connectivity index (χ3v) is 2.33. The molecule has 36 valence electrons. The fourth-order valence-corrected chi connectivity index (χ4v) is 1.31. The Labute approximate surface area is 46.7 Å². The van der Waals surface area contributed by atoms with E-state index in [0.717, 1.165) is 0 Å². The average molecular weight is 121 g/mol. The Morgan fingerprint density at radius 1 is 1.83 bits per heavy atom. The van der Waals surface area contributed by atoms with Crippen molar-refractivity contribution in [1.82, 2.24) is 5.32 Å². The lowest BCUT2D eigenvalue weighted by Gasteiger charge is -2.23. The second-order valence-corrected chi connectivity index (χ2v) is 2.75. The highest BCUT2D eigenvalue weighted by molar-refractivity contribution is 8.68. The van der Waals surface area contributed by atoms with Gasteiger partial charge in [-0.25, -0.2) is 0 Å². The Kier molecular flexibility index (Phi) is 1.68. The zero-order chi connectivity index (χ0) is 4.41. The lowest BCUT2D eigenvalue weighted by atomic mass is 10.3. The molecule has 3 heteroatoms. The van der Waals surface area contributed by atoms with Crippen LogP contribution in [-0.2, 0) is 0 Å². The summed E-state index contributed by atoms with van der Waals surface area (Å²) in [6, 6.07) is 0. The zero-order valence-corrected chi connectivity index (χ0v) is 5.06. The molecule has 0 aromatic heterocycles. The molecule has 1 N–H and O–H groups in total. The molecule has 0 radical (unpaired) electrons. The van der Waals surface area contributed by atoms with Crippen LogP contribution in [0, 0.1) is 0 Å². The minimum atomic E-state index is 0.647. The SMILES string of the molecule is SS[C@@H]1CCN1. The minimum Gasteiger partial charge on any atom is -0.305 e. The lowest BCUT2D eigenvalue weighted by molar-refractivity contribution is 0.489. The maximum Gasteiger partial charge on any atom is 0.0646 e. The smallest absolute Gasteiger partial charge is 0.0646 e. The van der Waals surface area contributed by atoms with E-state index >= 15 is 0 Å². The summed E-state index contributed by atoms with van der Waals surface area (Å²) in [6.45, 7) is 1.18. The first-order valence-electron chi connectivity index (χ1n) is 1.97. The van der Waals surface area contributed by atoms with Crippen molar-refractivity contribution in [1.29, 1.82) is 0 Å². The molecular formula is C3H7NS2. The van der Waals surface area contributed by atoms with Gasteiger partial charge in [-0.3, -0.25) is 0 Å². The van der Waals surface area contributed by atoms with Crippen molar-refractivity contribution in [3.63, 3.8) is 0 Å². The van der Waals surface area contributed by atoms with Crippen molar-refractivity contribution in [3.8, 4) is 0 Å². The van der Waals surface area contributed by atoms with E-state index < -0.39 is 0 Å². The van der Waals surface area contributed by atoms with Gasteiger partial charge in [-0.2, -0.15) is 0 Å². The summed E-state index contributed by atoms with van der Waals surface area (Å²) >= 11 is 4.00. The van der Waals surface area contributed by atoms with Crippen LogP contribution < -0.4 is 5.32 Å². The Morgan fingerprint density at radius 3 is 2.50 bits per heavy atom. The van der Waals surface area contributed by atoms with Gasteiger partial charge in [-0.15, -0.1) is 11.7 Å². The maximum absolute atomic E-state index is 4.00. The number of hydrogen-bond donors (Lipinski definition) is 2. The molecule has 0 bridgehead atoms. The van der Waals surface area contributed by atoms with Crippen LogP contribution in [0.4, 0.5) is 0 Å². The molecule has 1 aliphatic rings. The van der Waals surface area contributed by atoms with Gasteiger partial charge in [0.05, 0.1) is 5.37 Å². The standard InChI is InChI=1S/C3H7NS2/c5-6-3-1-2-4-3/h3-5H,1-2H2/t3-/m1/s1. The highest BCUT2D eigenvalue weighted by atomic mass is 33.1. The van der Waals surface area contributed by atoms with E-state index in [-0.39, 0.29) is 0 Å². The first-order valence-corrected chi connectivity index (χ1v) is 3.90. The first-order chi connectivity index (χ1) is 2.93. The van der Waals surface area contributed by atoms with Crippen LogP contribution in [0.5, 0.6) is 0 Å². The van der Waals surface area contributed by atoms with Crippen molar-refractivity contribution in [2.45, 2.75) is 11.8 Å². The van der Waals surface area contributed by atoms with Crippen molar-refractivity contribution in [3.05, 3.63) is 0 Å². The normalized spacial score (nSPS) is 32.5. The Balaban J connectivity index is 2.01. The van der Waals surface area contributed by atoms with Gasteiger partial charge in [0.2, 0.25) is 0 Å². The summed E-state index contributed by atoms with van der Waals surface area (Å²) < 4.78 is 0. The molecule has 6 heavy (non-hydrogen) atoms. The van der Waals surface area contributed by atoms with Crippen LogP contribution in [0.2, 0.25) is 0 Å². The number of hydrogen-bond acceptors (Lipinski definition) is 3. The van der Waals surface area contributed by atoms with E-state index in [4.69, 9.17) is 0 Å². The van der Waals surface area contributed by atoms with Gasteiger partial charge in [0, 0.05) is 0 Å². The van der Waals surface area contributed by atoms with E-state index in [9.17, 15) is 0 Å². The van der Waals surface area contributed by atoms with Gasteiger partial charge in [0.25, 0.3) is 0 Å². The maximum atomic E-state index is 4.00. The molecule has 0 amide bonds. The van der Waals surface area contributed by atoms with Gasteiger partial charge >= 0.3 is 0 Å². The minimum absolute atomic E-state index is 0.647. The predicted molar refractivity (Wildman–Crippen MR) is 33.0 cm³/mol. The Morgan fingerprint density at radius 2 is 2.50 bits per heavy atom. The van der Waals surface area contributed by atoms with Crippen LogP contribution in [-0.4, -0.2) is 11.9 Å². The van der Waals surface area contributed by atoms with Gasteiger partial charge in [-0.05, 0) is 13.0 Å². The van der Waals surface area contributed by atoms with Crippen molar-refractivity contribution >= 4 is 22.5 Å². The van der Waals surface area contributed by atoms with E-state index in [1.807, 2.05) is 0 Å². The quantitative estimate of drug-likeness (QED) is 0.394. The fourth-order valence-electron chi connectivity index (χ4n) is 0.352. The second-order valence-electron chi connectivity index (χ2n) is 1.34. The van der Waals surface area contributed by atoms with Crippen LogP contribution in [0.25, 0.3) is 0 Å². The molecule has 0 spiro atoms. The Bertz CT molecular complexity index is 41.3. The second kappa shape index (κ2) is 2.09. The molecule has 0 aromatic rings. The molecule has 1 heterocycles. The number of nitrogens with one attached hydrogen (secondary N) is 1. The molecule has 1 nitrogen and oxygen atoms in total. The predicted octanol–water partition coefficient (Wildman–Crippen LogP) is 0.884. The molecule has 0 aliphatic carbocycles. The summed E-state index contributed by atoms with van der Waals surface area (Å²) in [6.07, 6.45) is 1.29. The molecule has 0 saturated carbocycles. The number of thiol groups is 1. The lowest BCUT2D eigenvalue weighted by Crippen LogP contribution is -2.39. The molecule has 1 aliphatic heterocycles. The van der Waals surface area contributed by atoms with Crippen molar-refractivity contribution < 1.29 is 0 Å². The fraction of sp³-hybridized carbons (Fsp3) is 1.00. The first kappa shape index (κ1) is 4.81. The zero-order valence-electron chi connectivity index (χ0n) is 3.35. The van der Waals surface area contributed by atoms with Gasteiger partial charge in [0.1, 0.15) is 0 Å². The summed E-state index contributed by atoms with van der Waals surface area (Å²) in [5.41, 5.74) is 0. The van der Waals surface area contributed by atoms with E-state index in [1.165, 1.54) is 13.0 Å². The third-order valence-electron chi connectivity index (χ3n) is 0.906. The molecule has 1 fully saturated rings. The molecule has 0 unspecified atom stereocenters. The highest BCUT2D eigenvalue weighted by Gasteiger charge is 2.13.